The van der Waals surface area contributed by atoms with E-state index in [2.05, 4.69) is 62.5 Å². The quantitative estimate of drug-likeness (QED) is 0.0373. The second kappa shape index (κ2) is 75.1. The van der Waals surface area contributed by atoms with Gasteiger partial charge in [0, 0.05) is 12.8 Å². The molecule has 0 saturated carbocycles. The third-order valence-corrected chi connectivity index (χ3v) is 17.6. The minimum atomic E-state index is -0.770. The fraction of sp³-hybridized carbons (Fsp3) is 0.873. The van der Waals surface area contributed by atoms with Crippen molar-refractivity contribution in [2.75, 3.05) is 13.2 Å². The summed E-state index contributed by atoms with van der Waals surface area (Å²) >= 11 is 0. The number of carbonyl (C=O) groups excluding carboxylic acids is 2. The van der Waals surface area contributed by atoms with Crippen LogP contribution in [0.4, 0.5) is 0 Å². The lowest BCUT2D eigenvalue weighted by atomic mass is 10.0. The Hall–Kier alpha value is -2.14. The Morgan fingerprint density at radius 3 is 0.702 bits per heavy atom. The van der Waals surface area contributed by atoms with Crippen LogP contribution in [0.2, 0.25) is 0 Å². The van der Waals surface area contributed by atoms with Crippen LogP contribution in [0.3, 0.4) is 0 Å². The molecule has 1 atom stereocenters. The normalized spacial score (nSPS) is 12.4. The molecule has 0 heterocycles. The van der Waals surface area contributed by atoms with E-state index in [-0.39, 0.29) is 25.2 Å². The topological polar surface area (TPSA) is 72.8 Å². The van der Waals surface area contributed by atoms with Gasteiger partial charge in [0.15, 0.2) is 6.10 Å². The molecule has 5 heteroatoms. The molecular formula is C79H148O5. The van der Waals surface area contributed by atoms with E-state index in [1.807, 2.05) is 0 Å². The maximum absolute atomic E-state index is 12.4. The summed E-state index contributed by atoms with van der Waals surface area (Å²) < 4.78 is 10.8. The van der Waals surface area contributed by atoms with Gasteiger partial charge in [0.05, 0.1) is 6.61 Å². The van der Waals surface area contributed by atoms with Gasteiger partial charge in [-0.2, -0.15) is 0 Å². The molecule has 0 aliphatic carbocycles. The first-order chi connectivity index (χ1) is 41.6. The first-order valence-electron chi connectivity index (χ1n) is 38.2. The molecule has 0 saturated heterocycles. The summed E-state index contributed by atoms with van der Waals surface area (Å²) in [6.07, 6.45) is 102. The van der Waals surface area contributed by atoms with Crippen LogP contribution >= 0.6 is 0 Å². The molecule has 0 fully saturated rings. The minimum absolute atomic E-state index is 0.0592. The van der Waals surface area contributed by atoms with Crippen molar-refractivity contribution in [3.63, 3.8) is 0 Å². The second-order valence-corrected chi connectivity index (χ2v) is 26.1. The van der Waals surface area contributed by atoms with Gasteiger partial charge in [0.1, 0.15) is 6.61 Å². The van der Waals surface area contributed by atoms with Crippen LogP contribution in [0, 0.1) is 0 Å². The van der Waals surface area contributed by atoms with Crippen molar-refractivity contribution in [2.45, 2.75) is 431 Å². The Morgan fingerprint density at radius 2 is 0.476 bits per heavy atom. The van der Waals surface area contributed by atoms with E-state index in [4.69, 9.17) is 9.47 Å². The molecule has 0 rings (SSSR count). The lowest BCUT2D eigenvalue weighted by Gasteiger charge is -2.15. The Morgan fingerprint density at radius 1 is 0.274 bits per heavy atom. The van der Waals surface area contributed by atoms with Crippen LogP contribution in [0.1, 0.15) is 425 Å². The van der Waals surface area contributed by atoms with Crippen LogP contribution in [0.5, 0.6) is 0 Å². The first-order valence-corrected chi connectivity index (χ1v) is 38.2. The minimum Gasteiger partial charge on any atom is -0.462 e. The van der Waals surface area contributed by atoms with Gasteiger partial charge in [-0.05, 0) is 77.0 Å². The number of hydrogen-bond donors (Lipinski definition) is 1. The summed E-state index contributed by atoms with van der Waals surface area (Å²) in [6.45, 7) is 4.18. The smallest absolute Gasteiger partial charge is 0.306 e. The van der Waals surface area contributed by atoms with Gasteiger partial charge >= 0.3 is 11.9 Å². The zero-order valence-corrected chi connectivity index (χ0v) is 56.9. The van der Waals surface area contributed by atoms with Crippen LogP contribution < -0.4 is 0 Å². The third kappa shape index (κ3) is 72.3. The summed E-state index contributed by atoms with van der Waals surface area (Å²) in [7, 11) is 0. The van der Waals surface area contributed by atoms with Gasteiger partial charge in [0.25, 0.3) is 0 Å². The molecule has 0 amide bonds. The highest BCUT2D eigenvalue weighted by atomic mass is 16.6. The maximum Gasteiger partial charge on any atom is 0.306 e. The van der Waals surface area contributed by atoms with E-state index in [0.717, 1.165) is 44.9 Å². The molecule has 0 aliphatic heterocycles. The van der Waals surface area contributed by atoms with Crippen molar-refractivity contribution in [3.8, 4) is 0 Å². The van der Waals surface area contributed by atoms with Gasteiger partial charge in [-0.1, -0.05) is 383 Å². The van der Waals surface area contributed by atoms with Crippen molar-refractivity contribution >= 4 is 11.9 Å². The van der Waals surface area contributed by atoms with E-state index in [1.54, 1.807) is 0 Å². The predicted molar refractivity (Wildman–Crippen MR) is 371 cm³/mol. The van der Waals surface area contributed by atoms with Gasteiger partial charge in [-0.3, -0.25) is 9.59 Å². The highest BCUT2D eigenvalue weighted by molar-refractivity contribution is 5.70. The molecule has 0 aliphatic rings. The zero-order valence-electron chi connectivity index (χ0n) is 56.9. The molecule has 1 unspecified atom stereocenters. The van der Waals surface area contributed by atoms with Crippen LogP contribution in [-0.4, -0.2) is 36.4 Å². The molecule has 0 spiro atoms. The first kappa shape index (κ1) is 81.9. The molecule has 1 N–H and O–H groups in total. The van der Waals surface area contributed by atoms with E-state index in [0.29, 0.717) is 12.8 Å². The number of aliphatic hydroxyl groups excluding tert-OH is 1. The molecule has 0 aromatic carbocycles. The van der Waals surface area contributed by atoms with Crippen LogP contribution in [0.15, 0.2) is 48.6 Å². The Balaban J connectivity index is 3.37. The Labute approximate surface area is 526 Å². The number of allylic oxidation sites excluding steroid dienone is 8. The number of ether oxygens (including phenoxy) is 2. The van der Waals surface area contributed by atoms with E-state index in [1.165, 1.54) is 353 Å². The number of carbonyl (C=O) groups is 2. The lowest BCUT2D eigenvalue weighted by molar-refractivity contribution is -0.161. The number of hydrogen-bond acceptors (Lipinski definition) is 5. The van der Waals surface area contributed by atoms with Crippen molar-refractivity contribution in [1.29, 1.82) is 0 Å². The highest BCUT2D eigenvalue weighted by Gasteiger charge is 2.16. The van der Waals surface area contributed by atoms with Crippen molar-refractivity contribution in [2.24, 2.45) is 0 Å². The Kier molecular flexibility index (Phi) is 73.2. The fourth-order valence-electron chi connectivity index (χ4n) is 11.9. The van der Waals surface area contributed by atoms with Gasteiger partial charge in [-0.15, -0.1) is 0 Å². The number of unbranched alkanes of at least 4 members (excludes halogenated alkanes) is 56. The van der Waals surface area contributed by atoms with E-state index >= 15 is 0 Å². The van der Waals surface area contributed by atoms with E-state index < -0.39 is 6.10 Å². The van der Waals surface area contributed by atoms with Gasteiger partial charge in [-0.25, -0.2) is 0 Å². The summed E-state index contributed by atoms with van der Waals surface area (Å²) in [5.74, 6) is -0.564. The Bertz CT molecular complexity index is 1380. The molecule has 84 heavy (non-hydrogen) atoms. The molecule has 494 valence electrons. The molecule has 0 bridgehead atoms. The molecular weight excluding hydrogens is 1030 g/mol. The maximum atomic E-state index is 12.4. The van der Waals surface area contributed by atoms with Crippen molar-refractivity contribution < 1.29 is 24.2 Å². The standard InChI is InChI=1S/C79H148O5/c1-3-5-7-9-11-13-15-17-19-21-23-25-27-29-31-33-35-37-39-41-43-45-47-49-51-53-55-57-59-61-63-65-67-69-71-73-78(81)83-76-77(75-80)84-79(82)74-72-70-68-66-64-62-60-58-56-54-52-50-48-46-44-42-40-38-36-34-32-30-28-26-24-22-20-18-16-14-12-10-8-6-4-2/h15-18,21-24,77,80H,3-14,19-20,25-76H2,1-2H3/b17-15-,18-16-,23-21-,24-22-. The third-order valence-electron chi connectivity index (χ3n) is 17.6. The zero-order chi connectivity index (χ0) is 60.5. The lowest BCUT2D eigenvalue weighted by Crippen LogP contribution is -2.28. The number of aliphatic hydroxyl groups is 1. The van der Waals surface area contributed by atoms with Gasteiger partial charge < -0.3 is 14.6 Å². The average Bonchev–Trinajstić information content (AvgIpc) is 3.50. The summed E-state index contributed by atoms with van der Waals surface area (Å²) in [6, 6.07) is 0. The fourth-order valence-corrected chi connectivity index (χ4v) is 11.9. The average molecular weight is 1180 g/mol. The monoisotopic (exact) mass is 1180 g/mol. The molecule has 0 aromatic rings. The predicted octanol–water partition coefficient (Wildman–Crippen LogP) is 26.7. The summed E-state index contributed by atoms with van der Waals surface area (Å²) in [4.78, 5) is 24.7. The molecule has 0 aromatic heterocycles. The molecule has 5 nitrogen and oxygen atoms in total. The summed E-state index contributed by atoms with van der Waals surface area (Å²) in [5, 5.41) is 9.72. The number of rotatable bonds is 72. The highest BCUT2D eigenvalue weighted by Crippen LogP contribution is 2.19. The van der Waals surface area contributed by atoms with Gasteiger partial charge in [0.2, 0.25) is 0 Å². The van der Waals surface area contributed by atoms with Crippen LogP contribution in [-0.2, 0) is 19.1 Å². The van der Waals surface area contributed by atoms with Crippen LogP contribution in [0.25, 0.3) is 0 Å². The number of esters is 2. The van der Waals surface area contributed by atoms with E-state index in [9.17, 15) is 14.7 Å². The summed E-state index contributed by atoms with van der Waals surface area (Å²) in [5.41, 5.74) is 0. The molecule has 0 radical (unpaired) electrons. The van der Waals surface area contributed by atoms with Crippen molar-refractivity contribution in [1.82, 2.24) is 0 Å². The SMILES string of the molecule is CCCCCCC/C=C\C/C=C\CCCCCCCCCCCCCCCCCCCCCCCCCC(=O)OCC(CO)OC(=O)CCCCCCCCCCCCCCCCCCCCCCCCC/C=C\C/C=C\CCCCCCC. The second-order valence-electron chi connectivity index (χ2n) is 26.1. The largest absolute Gasteiger partial charge is 0.462 e. The van der Waals surface area contributed by atoms with Crippen molar-refractivity contribution in [3.05, 3.63) is 48.6 Å².